The van der Waals surface area contributed by atoms with Crippen LogP contribution < -0.4 is 5.32 Å². The van der Waals surface area contributed by atoms with Crippen molar-refractivity contribution in [1.82, 2.24) is 19.6 Å². The van der Waals surface area contributed by atoms with Gasteiger partial charge in [0.1, 0.15) is 5.65 Å². The molecule has 4 rings (SSSR count). The summed E-state index contributed by atoms with van der Waals surface area (Å²) in [6.07, 6.45) is 4.07. The Hall–Kier alpha value is -1.73. The summed E-state index contributed by atoms with van der Waals surface area (Å²) < 4.78 is 2.04. The fourth-order valence-electron chi connectivity index (χ4n) is 3.42. The molecule has 0 aliphatic carbocycles. The SMILES string of the molecule is CC1NCCN(C(=O)c2ccc(SCc3cn4ccccc4n3)cc2)C1C.Cl.Cl. The third-order valence-electron chi connectivity index (χ3n) is 5.20. The van der Waals surface area contributed by atoms with Crippen LogP contribution in [0.2, 0.25) is 0 Å². The molecule has 156 valence electrons. The lowest BCUT2D eigenvalue weighted by Gasteiger charge is -2.38. The standard InChI is InChI=1S/C21H24N4OS.2ClH/c1-15-16(2)25(12-10-22-15)21(26)17-6-8-19(9-7-17)27-14-18-13-24-11-4-3-5-20(24)23-18;;/h3-9,11,13,15-16,22H,10,12,14H2,1-2H3;2*1H. The number of imidazole rings is 1. The zero-order chi connectivity index (χ0) is 18.8. The van der Waals surface area contributed by atoms with Crippen molar-refractivity contribution in [3.63, 3.8) is 0 Å². The van der Waals surface area contributed by atoms with Crippen molar-refractivity contribution in [1.29, 1.82) is 0 Å². The minimum Gasteiger partial charge on any atom is -0.333 e. The van der Waals surface area contributed by atoms with Gasteiger partial charge in [0.15, 0.2) is 0 Å². The molecule has 3 heterocycles. The predicted octanol–water partition coefficient (Wildman–Crippen LogP) is 4.29. The Bertz CT molecular complexity index is 914. The van der Waals surface area contributed by atoms with Crippen LogP contribution in [0.15, 0.2) is 59.8 Å². The zero-order valence-electron chi connectivity index (χ0n) is 16.4. The van der Waals surface area contributed by atoms with Gasteiger partial charge in [-0.3, -0.25) is 4.79 Å². The number of hydrogen-bond acceptors (Lipinski definition) is 4. The molecule has 0 spiro atoms. The van der Waals surface area contributed by atoms with Crippen LogP contribution in [0, 0.1) is 0 Å². The zero-order valence-corrected chi connectivity index (χ0v) is 18.9. The van der Waals surface area contributed by atoms with Gasteiger partial charge in [0.25, 0.3) is 5.91 Å². The van der Waals surface area contributed by atoms with E-state index in [1.165, 1.54) is 0 Å². The summed E-state index contributed by atoms with van der Waals surface area (Å²) in [6.45, 7) is 5.84. The van der Waals surface area contributed by atoms with Crippen LogP contribution in [0.4, 0.5) is 0 Å². The largest absolute Gasteiger partial charge is 0.333 e. The first kappa shape index (κ1) is 23.5. The van der Waals surface area contributed by atoms with E-state index in [0.717, 1.165) is 40.6 Å². The lowest BCUT2D eigenvalue weighted by atomic mass is 10.1. The van der Waals surface area contributed by atoms with Gasteiger partial charge in [0.2, 0.25) is 0 Å². The molecule has 1 aromatic carbocycles. The molecule has 2 aromatic heterocycles. The molecular weight excluding hydrogens is 427 g/mol. The molecular formula is C21H26Cl2N4OS. The number of nitrogens with one attached hydrogen (secondary N) is 1. The van der Waals surface area contributed by atoms with Crippen molar-refractivity contribution < 1.29 is 4.79 Å². The van der Waals surface area contributed by atoms with Crippen molar-refractivity contribution >= 4 is 48.1 Å². The molecule has 2 unspecified atom stereocenters. The van der Waals surface area contributed by atoms with E-state index in [9.17, 15) is 4.79 Å². The van der Waals surface area contributed by atoms with Gasteiger partial charge in [-0.15, -0.1) is 36.6 Å². The van der Waals surface area contributed by atoms with Crippen molar-refractivity contribution in [3.05, 3.63) is 66.1 Å². The van der Waals surface area contributed by atoms with Crippen LogP contribution >= 0.6 is 36.6 Å². The monoisotopic (exact) mass is 452 g/mol. The van der Waals surface area contributed by atoms with Crippen LogP contribution in [0.1, 0.15) is 29.9 Å². The highest BCUT2D eigenvalue weighted by Gasteiger charge is 2.28. The molecule has 0 radical (unpaired) electrons. The average Bonchev–Trinajstić information content (AvgIpc) is 3.11. The van der Waals surface area contributed by atoms with E-state index in [4.69, 9.17) is 0 Å². The number of aromatic nitrogens is 2. The van der Waals surface area contributed by atoms with Gasteiger partial charge in [-0.25, -0.2) is 4.98 Å². The van der Waals surface area contributed by atoms with Crippen molar-refractivity contribution in [3.8, 4) is 0 Å². The number of hydrogen-bond donors (Lipinski definition) is 1. The molecule has 0 bridgehead atoms. The lowest BCUT2D eigenvalue weighted by molar-refractivity contribution is 0.0603. The second kappa shape index (κ2) is 10.3. The summed E-state index contributed by atoms with van der Waals surface area (Å²) in [5.41, 5.74) is 2.77. The lowest BCUT2D eigenvalue weighted by Crippen LogP contribution is -2.57. The highest BCUT2D eigenvalue weighted by Crippen LogP contribution is 2.24. The maximum atomic E-state index is 12.8. The Morgan fingerprint density at radius 1 is 1.17 bits per heavy atom. The predicted molar refractivity (Wildman–Crippen MR) is 124 cm³/mol. The maximum Gasteiger partial charge on any atom is 0.254 e. The number of rotatable bonds is 4. The quantitative estimate of drug-likeness (QED) is 0.599. The number of fused-ring (bicyclic) bond motifs is 1. The van der Waals surface area contributed by atoms with Crippen LogP contribution in [0.3, 0.4) is 0 Å². The van der Waals surface area contributed by atoms with E-state index in [0.29, 0.717) is 6.04 Å². The van der Waals surface area contributed by atoms with E-state index in [1.807, 2.05) is 58.0 Å². The van der Waals surface area contributed by atoms with E-state index in [-0.39, 0.29) is 36.8 Å². The molecule has 0 saturated carbocycles. The van der Waals surface area contributed by atoms with Gasteiger partial charge in [-0.1, -0.05) is 6.07 Å². The Balaban J connectivity index is 0.00000150. The van der Waals surface area contributed by atoms with E-state index >= 15 is 0 Å². The molecule has 8 heteroatoms. The number of carbonyl (C=O) groups is 1. The molecule has 1 amide bonds. The fraction of sp³-hybridized carbons (Fsp3) is 0.333. The Kier molecular flexibility index (Phi) is 8.40. The Morgan fingerprint density at radius 2 is 1.93 bits per heavy atom. The molecule has 1 aliphatic rings. The molecule has 1 saturated heterocycles. The molecule has 1 N–H and O–H groups in total. The minimum absolute atomic E-state index is 0. The number of pyridine rings is 1. The van der Waals surface area contributed by atoms with Gasteiger partial charge in [0, 0.05) is 53.8 Å². The topological polar surface area (TPSA) is 49.6 Å². The van der Waals surface area contributed by atoms with E-state index in [2.05, 4.69) is 30.3 Å². The molecule has 1 fully saturated rings. The van der Waals surface area contributed by atoms with E-state index in [1.54, 1.807) is 11.8 Å². The third-order valence-corrected chi connectivity index (χ3v) is 6.24. The fourth-order valence-corrected chi connectivity index (χ4v) is 4.20. The van der Waals surface area contributed by atoms with Gasteiger partial charge < -0.3 is 14.6 Å². The van der Waals surface area contributed by atoms with Crippen LogP contribution in [-0.2, 0) is 5.75 Å². The van der Waals surface area contributed by atoms with E-state index < -0.39 is 0 Å². The first-order valence-corrected chi connectivity index (χ1v) is 10.3. The molecule has 29 heavy (non-hydrogen) atoms. The van der Waals surface area contributed by atoms with Crippen molar-refractivity contribution in [2.75, 3.05) is 13.1 Å². The number of piperazine rings is 1. The van der Waals surface area contributed by atoms with Gasteiger partial charge in [-0.2, -0.15) is 0 Å². The maximum absolute atomic E-state index is 12.8. The number of carbonyl (C=O) groups excluding carboxylic acids is 1. The summed E-state index contributed by atoms with van der Waals surface area (Å²) in [5, 5.41) is 3.41. The van der Waals surface area contributed by atoms with Gasteiger partial charge in [-0.05, 0) is 50.2 Å². The summed E-state index contributed by atoms with van der Waals surface area (Å²) in [5.74, 6) is 0.925. The normalized spacial score (nSPS) is 18.8. The number of thioether (sulfide) groups is 1. The second-order valence-electron chi connectivity index (χ2n) is 6.99. The average molecular weight is 453 g/mol. The number of amides is 1. The van der Waals surface area contributed by atoms with Gasteiger partial charge >= 0.3 is 0 Å². The summed E-state index contributed by atoms with van der Waals surface area (Å²) >= 11 is 1.73. The Morgan fingerprint density at radius 3 is 2.66 bits per heavy atom. The smallest absolute Gasteiger partial charge is 0.254 e. The first-order valence-electron chi connectivity index (χ1n) is 9.31. The number of benzene rings is 1. The van der Waals surface area contributed by atoms with Crippen molar-refractivity contribution in [2.24, 2.45) is 0 Å². The first-order chi connectivity index (χ1) is 13.1. The number of halogens is 2. The highest BCUT2D eigenvalue weighted by molar-refractivity contribution is 7.98. The Labute approximate surface area is 188 Å². The highest BCUT2D eigenvalue weighted by atomic mass is 35.5. The van der Waals surface area contributed by atoms with Gasteiger partial charge in [0.05, 0.1) is 5.69 Å². The molecule has 1 aliphatic heterocycles. The van der Waals surface area contributed by atoms with Crippen molar-refractivity contribution in [2.45, 2.75) is 36.6 Å². The molecule has 2 atom stereocenters. The third kappa shape index (κ3) is 5.25. The number of nitrogens with zero attached hydrogens (tertiary/aromatic N) is 3. The summed E-state index contributed by atoms with van der Waals surface area (Å²) in [6, 6.07) is 14.5. The van der Waals surface area contributed by atoms with Crippen LogP contribution in [0.5, 0.6) is 0 Å². The molecule has 5 nitrogen and oxygen atoms in total. The minimum atomic E-state index is 0. The summed E-state index contributed by atoms with van der Waals surface area (Å²) in [4.78, 5) is 20.6. The summed E-state index contributed by atoms with van der Waals surface area (Å²) in [7, 11) is 0. The van der Waals surface area contributed by atoms with Crippen LogP contribution in [0.25, 0.3) is 5.65 Å². The molecule has 3 aromatic rings. The van der Waals surface area contributed by atoms with Crippen LogP contribution in [-0.4, -0.2) is 45.4 Å². The second-order valence-corrected chi connectivity index (χ2v) is 8.04.